The Hall–Kier alpha value is -2.70. The molecular formula is C17H20N6O2S. The first-order chi connectivity index (χ1) is 12.5. The van der Waals surface area contributed by atoms with Crippen molar-refractivity contribution in [2.75, 3.05) is 35.8 Å². The van der Waals surface area contributed by atoms with Gasteiger partial charge < -0.3 is 4.90 Å². The largest absolute Gasteiger partial charge is 0.355 e. The third kappa shape index (κ3) is 4.28. The number of rotatable bonds is 4. The number of aromatic nitrogens is 2. The predicted molar refractivity (Wildman–Crippen MR) is 98.9 cm³/mol. The molecule has 136 valence electrons. The molecule has 1 N–H and O–H groups in total. The molecule has 3 heterocycles. The SMILES string of the molecule is Cc1cccc(NS(=O)(=O)N2CCCN(c3ccc(C#N)cn3)CC2)n1. The van der Waals surface area contributed by atoms with Crippen molar-refractivity contribution in [3.05, 3.63) is 47.8 Å². The van der Waals surface area contributed by atoms with Crippen LogP contribution in [0.5, 0.6) is 0 Å². The van der Waals surface area contributed by atoms with Crippen molar-refractivity contribution in [3.63, 3.8) is 0 Å². The number of nitrogens with zero attached hydrogens (tertiary/aromatic N) is 5. The van der Waals surface area contributed by atoms with Crippen LogP contribution >= 0.6 is 0 Å². The highest BCUT2D eigenvalue weighted by Gasteiger charge is 2.26. The van der Waals surface area contributed by atoms with Crippen LogP contribution in [0, 0.1) is 18.3 Å². The number of hydrogen-bond acceptors (Lipinski definition) is 6. The van der Waals surface area contributed by atoms with Gasteiger partial charge in [-0.05, 0) is 37.6 Å². The van der Waals surface area contributed by atoms with Gasteiger partial charge in [-0.15, -0.1) is 0 Å². The van der Waals surface area contributed by atoms with Crippen LogP contribution in [0.3, 0.4) is 0 Å². The summed E-state index contributed by atoms with van der Waals surface area (Å²) in [5.74, 6) is 1.07. The molecule has 9 heteroatoms. The van der Waals surface area contributed by atoms with E-state index in [4.69, 9.17) is 5.26 Å². The Bertz CT molecular complexity index is 908. The molecule has 0 unspecified atom stereocenters. The second kappa shape index (κ2) is 7.68. The predicted octanol–water partition coefficient (Wildman–Crippen LogP) is 1.53. The van der Waals surface area contributed by atoms with E-state index in [-0.39, 0.29) is 0 Å². The maximum absolute atomic E-state index is 12.7. The fourth-order valence-electron chi connectivity index (χ4n) is 2.80. The number of anilines is 2. The minimum atomic E-state index is -3.66. The van der Waals surface area contributed by atoms with Gasteiger partial charge in [0.15, 0.2) is 0 Å². The van der Waals surface area contributed by atoms with Crippen LogP contribution in [0.2, 0.25) is 0 Å². The first kappa shape index (κ1) is 18.1. The van der Waals surface area contributed by atoms with E-state index in [1.165, 1.54) is 10.5 Å². The van der Waals surface area contributed by atoms with Gasteiger partial charge in [0.05, 0.1) is 5.56 Å². The lowest BCUT2D eigenvalue weighted by Crippen LogP contribution is -2.39. The fourth-order valence-corrected chi connectivity index (χ4v) is 4.00. The van der Waals surface area contributed by atoms with Gasteiger partial charge in [0.1, 0.15) is 17.7 Å². The van der Waals surface area contributed by atoms with Gasteiger partial charge >= 0.3 is 10.2 Å². The topological polar surface area (TPSA) is 102 Å². The highest BCUT2D eigenvalue weighted by atomic mass is 32.2. The molecule has 2 aromatic rings. The lowest BCUT2D eigenvalue weighted by Gasteiger charge is -2.22. The van der Waals surface area contributed by atoms with Gasteiger partial charge in [0, 0.05) is 38.1 Å². The Kier molecular flexibility index (Phi) is 5.35. The van der Waals surface area contributed by atoms with Crippen molar-refractivity contribution in [3.8, 4) is 6.07 Å². The number of nitriles is 1. The number of aryl methyl sites for hydroxylation is 1. The van der Waals surface area contributed by atoms with E-state index < -0.39 is 10.2 Å². The Morgan fingerprint density at radius 2 is 2.00 bits per heavy atom. The number of pyridine rings is 2. The summed E-state index contributed by atoms with van der Waals surface area (Å²) in [6.45, 7) is 3.82. The van der Waals surface area contributed by atoms with Crippen LogP contribution in [0.15, 0.2) is 36.5 Å². The second-order valence-electron chi connectivity index (χ2n) is 6.03. The van der Waals surface area contributed by atoms with E-state index in [1.807, 2.05) is 24.0 Å². The summed E-state index contributed by atoms with van der Waals surface area (Å²) in [6.07, 6.45) is 2.21. The van der Waals surface area contributed by atoms with E-state index >= 15 is 0 Å². The van der Waals surface area contributed by atoms with Gasteiger partial charge in [0.25, 0.3) is 0 Å². The molecule has 0 aliphatic carbocycles. The van der Waals surface area contributed by atoms with Gasteiger partial charge in [-0.25, -0.2) is 9.97 Å². The van der Waals surface area contributed by atoms with Gasteiger partial charge in [-0.2, -0.15) is 18.0 Å². The molecule has 0 aromatic carbocycles. The molecule has 0 spiro atoms. The zero-order valence-electron chi connectivity index (χ0n) is 14.5. The average Bonchev–Trinajstić information content (AvgIpc) is 2.88. The first-order valence-corrected chi connectivity index (χ1v) is 9.74. The van der Waals surface area contributed by atoms with Crippen LogP contribution in [0.1, 0.15) is 17.7 Å². The van der Waals surface area contributed by atoms with Crippen molar-refractivity contribution in [1.82, 2.24) is 14.3 Å². The molecule has 1 aliphatic rings. The summed E-state index contributed by atoms with van der Waals surface area (Å²) < 4.78 is 29.3. The van der Waals surface area contributed by atoms with Crippen LogP contribution in [-0.4, -0.2) is 48.9 Å². The second-order valence-corrected chi connectivity index (χ2v) is 7.70. The lowest BCUT2D eigenvalue weighted by atomic mass is 10.3. The van der Waals surface area contributed by atoms with Gasteiger partial charge in [-0.1, -0.05) is 6.07 Å². The minimum absolute atomic E-state index is 0.319. The van der Waals surface area contributed by atoms with E-state index in [0.717, 1.165) is 11.5 Å². The molecule has 0 radical (unpaired) electrons. The molecule has 3 rings (SSSR count). The average molecular weight is 372 g/mol. The number of nitrogens with one attached hydrogen (secondary N) is 1. The zero-order valence-corrected chi connectivity index (χ0v) is 15.3. The summed E-state index contributed by atoms with van der Waals surface area (Å²) in [5, 5.41) is 8.86. The molecule has 0 saturated carbocycles. The molecule has 1 aliphatic heterocycles. The Morgan fingerprint density at radius 1 is 1.15 bits per heavy atom. The van der Waals surface area contributed by atoms with E-state index in [9.17, 15) is 8.42 Å². The van der Waals surface area contributed by atoms with Crippen LogP contribution in [0.4, 0.5) is 11.6 Å². The third-order valence-corrected chi connectivity index (χ3v) is 5.63. The van der Waals surface area contributed by atoms with Gasteiger partial charge in [-0.3, -0.25) is 4.72 Å². The molecular weight excluding hydrogens is 352 g/mol. The minimum Gasteiger partial charge on any atom is -0.355 e. The standard InChI is InChI=1S/C17H20N6O2S/c1-14-4-2-5-16(20-14)21-26(24,25)23-9-3-8-22(10-11-23)17-7-6-15(12-18)13-19-17/h2,4-7,13H,3,8-11H2,1H3,(H,20,21). The zero-order chi connectivity index (χ0) is 18.6. The van der Waals surface area contributed by atoms with Crippen molar-refractivity contribution < 1.29 is 8.42 Å². The quantitative estimate of drug-likeness (QED) is 0.873. The van der Waals surface area contributed by atoms with E-state index in [2.05, 4.69) is 14.7 Å². The molecule has 1 fully saturated rings. The normalized spacial score (nSPS) is 15.9. The summed E-state index contributed by atoms with van der Waals surface area (Å²) >= 11 is 0. The van der Waals surface area contributed by atoms with Crippen molar-refractivity contribution in [2.45, 2.75) is 13.3 Å². The Morgan fingerprint density at radius 3 is 2.69 bits per heavy atom. The van der Waals surface area contributed by atoms with E-state index in [1.54, 1.807) is 24.3 Å². The summed E-state index contributed by atoms with van der Waals surface area (Å²) in [6, 6.07) is 10.8. The molecule has 0 bridgehead atoms. The van der Waals surface area contributed by atoms with Gasteiger partial charge in [0.2, 0.25) is 0 Å². The molecule has 0 atom stereocenters. The van der Waals surface area contributed by atoms with Crippen LogP contribution in [0.25, 0.3) is 0 Å². The Labute approximate surface area is 153 Å². The summed E-state index contributed by atoms with van der Waals surface area (Å²) in [5.41, 5.74) is 1.25. The molecule has 1 saturated heterocycles. The van der Waals surface area contributed by atoms with Crippen LogP contribution in [-0.2, 0) is 10.2 Å². The Balaban J connectivity index is 1.68. The molecule has 26 heavy (non-hydrogen) atoms. The fraction of sp³-hybridized carbons (Fsp3) is 0.353. The maximum atomic E-state index is 12.7. The molecule has 8 nitrogen and oxygen atoms in total. The monoisotopic (exact) mass is 372 g/mol. The number of hydrogen-bond donors (Lipinski definition) is 1. The van der Waals surface area contributed by atoms with E-state index in [0.29, 0.717) is 44.0 Å². The summed E-state index contributed by atoms with van der Waals surface area (Å²) in [7, 11) is -3.66. The smallest absolute Gasteiger partial charge is 0.302 e. The van der Waals surface area contributed by atoms with Crippen LogP contribution < -0.4 is 9.62 Å². The van der Waals surface area contributed by atoms with Crippen molar-refractivity contribution >= 4 is 21.8 Å². The molecule has 0 amide bonds. The summed E-state index contributed by atoms with van der Waals surface area (Å²) in [4.78, 5) is 10.5. The molecule has 2 aromatic heterocycles. The first-order valence-electron chi connectivity index (χ1n) is 8.30. The maximum Gasteiger partial charge on any atom is 0.302 e. The lowest BCUT2D eigenvalue weighted by molar-refractivity contribution is 0.437. The highest BCUT2D eigenvalue weighted by Crippen LogP contribution is 2.17. The highest BCUT2D eigenvalue weighted by molar-refractivity contribution is 7.90. The van der Waals surface area contributed by atoms with Crippen molar-refractivity contribution in [2.24, 2.45) is 0 Å². The van der Waals surface area contributed by atoms with Crippen molar-refractivity contribution in [1.29, 1.82) is 5.26 Å². The third-order valence-electron chi connectivity index (χ3n) is 4.12.